The van der Waals surface area contributed by atoms with Crippen molar-refractivity contribution in [3.8, 4) is 0 Å². The van der Waals surface area contributed by atoms with Gasteiger partial charge in [0.25, 0.3) is 10.0 Å². The number of halogens is 1. The fraction of sp³-hybridized carbons (Fsp3) is 0.524. The quantitative estimate of drug-likeness (QED) is 0.654. The number of sulfonamides is 1. The van der Waals surface area contributed by atoms with Gasteiger partial charge in [-0.15, -0.1) is 11.3 Å². The maximum absolute atomic E-state index is 13.1. The molecule has 4 rings (SSSR count). The number of amides is 1. The molecule has 0 N–H and O–H groups in total. The average Bonchev–Trinajstić information content (AvgIpc) is 3.26. The SMILES string of the molecule is C[C@H](C(=O)N1CCN(c2ccccn2)CC1)C1CCN(S(=O)(=O)c2ccc(Cl)s2)CC1. The van der Waals surface area contributed by atoms with Crippen LogP contribution in [-0.4, -0.2) is 67.8 Å². The smallest absolute Gasteiger partial charge is 0.252 e. The Morgan fingerprint density at radius 2 is 1.81 bits per heavy atom. The lowest BCUT2D eigenvalue weighted by molar-refractivity contribution is -0.137. The molecule has 168 valence electrons. The molecule has 2 aliphatic rings. The Morgan fingerprint density at radius 3 is 2.39 bits per heavy atom. The zero-order valence-electron chi connectivity index (χ0n) is 17.5. The van der Waals surface area contributed by atoms with Gasteiger partial charge in [0.2, 0.25) is 5.91 Å². The van der Waals surface area contributed by atoms with Crippen LogP contribution < -0.4 is 4.90 Å². The first-order valence-corrected chi connectivity index (χ1v) is 13.2. The van der Waals surface area contributed by atoms with Crippen LogP contribution in [0.15, 0.2) is 40.7 Å². The van der Waals surface area contributed by atoms with Crippen LogP contribution in [0, 0.1) is 11.8 Å². The topological polar surface area (TPSA) is 73.8 Å². The highest BCUT2D eigenvalue weighted by molar-refractivity contribution is 7.91. The van der Waals surface area contributed by atoms with E-state index >= 15 is 0 Å². The van der Waals surface area contributed by atoms with E-state index in [0.717, 1.165) is 30.2 Å². The normalized spacial score (nSPS) is 20.1. The summed E-state index contributed by atoms with van der Waals surface area (Å²) in [5, 5.41) is 0. The third kappa shape index (κ3) is 4.89. The van der Waals surface area contributed by atoms with Crippen molar-refractivity contribution in [2.45, 2.75) is 24.0 Å². The molecule has 0 aromatic carbocycles. The maximum Gasteiger partial charge on any atom is 0.252 e. The van der Waals surface area contributed by atoms with E-state index in [1.807, 2.05) is 30.0 Å². The summed E-state index contributed by atoms with van der Waals surface area (Å²) in [5.74, 6) is 1.21. The minimum absolute atomic E-state index is 0.109. The van der Waals surface area contributed by atoms with E-state index < -0.39 is 10.0 Å². The number of carbonyl (C=O) groups is 1. The molecule has 7 nitrogen and oxygen atoms in total. The van der Waals surface area contributed by atoms with Gasteiger partial charge in [0.05, 0.1) is 4.34 Å². The number of hydrogen-bond donors (Lipinski definition) is 0. The molecule has 2 aliphatic heterocycles. The van der Waals surface area contributed by atoms with Crippen molar-refractivity contribution in [3.05, 3.63) is 40.9 Å². The van der Waals surface area contributed by atoms with Gasteiger partial charge >= 0.3 is 0 Å². The highest BCUT2D eigenvalue weighted by atomic mass is 35.5. The monoisotopic (exact) mass is 482 g/mol. The lowest BCUT2D eigenvalue weighted by Gasteiger charge is -2.39. The second-order valence-corrected chi connectivity index (χ2v) is 12.0. The number of carbonyl (C=O) groups excluding carboxylic acids is 1. The van der Waals surface area contributed by atoms with Gasteiger partial charge in [-0.3, -0.25) is 4.79 Å². The van der Waals surface area contributed by atoms with E-state index in [9.17, 15) is 13.2 Å². The number of anilines is 1. The summed E-state index contributed by atoms with van der Waals surface area (Å²) < 4.78 is 27.9. The molecule has 0 saturated carbocycles. The van der Waals surface area contributed by atoms with Crippen LogP contribution in [0.25, 0.3) is 0 Å². The Bertz CT molecular complexity index is 999. The first kappa shape index (κ1) is 22.5. The number of aromatic nitrogens is 1. The molecule has 31 heavy (non-hydrogen) atoms. The fourth-order valence-corrected chi connectivity index (χ4v) is 7.47. The van der Waals surface area contributed by atoms with Crippen molar-refractivity contribution in [3.63, 3.8) is 0 Å². The Morgan fingerprint density at radius 1 is 1.10 bits per heavy atom. The van der Waals surface area contributed by atoms with Gasteiger partial charge in [-0.2, -0.15) is 4.31 Å². The van der Waals surface area contributed by atoms with Gasteiger partial charge in [-0.25, -0.2) is 13.4 Å². The number of piperazine rings is 1. The van der Waals surface area contributed by atoms with E-state index in [-0.39, 0.29) is 22.0 Å². The van der Waals surface area contributed by atoms with E-state index in [1.54, 1.807) is 18.3 Å². The summed E-state index contributed by atoms with van der Waals surface area (Å²) in [5.41, 5.74) is 0. The molecule has 10 heteroatoms. The van der Waals surface area contributed by atoms with Gasteiger partial charge in [0, 0.05) is 51.4 Å². The molecule has 4 heterocycles. The molecule has 2 aromatic heterocycles. The van der Waals surface area contributed by atoms with E-state index in [2.05, 4.69) is 9.88 Å². The summed E-state index contributed by atoms with van der Waals surface area (Å²) >= 11 is 6.99. The zero-order chi connectivity index (χ0) is 22.0. The van der Waals surface area contributed by atoms with E-state index in [1.165, 1.54) is 4.31 Å². The summed E-state index contributed by atoms with van der Waals surface area (Å²) in [7, 11) is -3.50. The molecule has 2 aromatic rings. The Labute approximate surface area is 192 Å². The van der Waals surface area contributed by atoms with Crippen molar-refractivity contribution in [2.75, 3.05) is 44.2 Å². The van der Waals surface area contributed by atoms with Crippen LogP contribution in [0.1, 0.15) is 19.8 Å². The Hall–Kier alpha value is -1.68. The zero-order valence-corrected chi connectivity index (χ0v) is 19.9. The van der Waals surface area contributed by atoms with Gasteiger partial charge in [0.15, 0.2) is 0 Å². The standard InChI is InChI=1S/C21H27ClN4O3S2/c1-16(21(27)25-14-12-24(13-15-25)19-4-2-3-9-23-19)17-7-10-26(11-8-17)31(28,29)20-6-5-18(22)30-20/h2-6,9,16-17H,7-8,10-15H2,1H3/t16-/m0/s1. The molecular weight excluding hydrogens is 456 g/mol. The second-order valence-electron chi connectivity index (χ2n) is 8.09. The first-order valence-electron chi connectivity index (χ1n) is 10.6. The third-order valence-electron chi connectivity index (χ3n) is 6.30. The molecule has 0 spiro atoms. The molecule has 0 unspecified atom stereocenters. The summed E-state index contributed by atoms with van der Waals surface area (Å²) in [4.78, 5) is 21.6. The molecule has 0 aliphatic carbocycles. The average molecular weight is 483 g/mol. The van der Waals surface area contributed by atoms with Crippen LogP contribution in [-0.2, 0) is 14.8 Å². The number of hydrogen-bond acceptors (Lipinski definition) is 6. The number of nitrogens with zero attached hydrogens (tertiary/aromatic N) is 4. The number of thiophene rings is 1. The van der Waals surface area contributed by atoms with Gasteiger partial charge in [-0.1, -0.05) is 24.6 Å². The highest BCUT2D eigenvalue weighted by Gasteiger charge is 2.36. The maximum atomic E-state index is 13.1. The summed E-state index contributed by atoms with van der Waals surface area (Å²) in [6.45, 7) is 5.78. The van der Waals surface area contributed by atoms with E-state index in [4.69, 9.17) is 11.6 Å². The van der Waals surface area contributed by atoms with E-state index in [0.29, 0.717) is 43.4 Å². The minimum Gasteiger partial charge on any atom is -0.353 e. The predicted molar refractivity (Wildman–Crippen MR) is 123 cm³/mol. The van der Waals surface area contributed by atoms with Crippen molar-refractivity contribution >= 4 is 44.7 Å². The van der Waals surface area contributed by atoms with Crippen LogP contribution in [0.2, 0.25) is 4.34 Å². The Balaban J connectivity index is 1.30. The molecule has 0 radical (unpaired) electrons. The molecule has 1 atom stereocenters. The van der Waals surface area contributed by atoms with Crippen LogP contribution in [0.5, 0.6) is 0 Å². The lowest BCUT2D eigenvalue weighted by atomic mass is 9.85. The lowest BCUT2D eigenvalue weighted by Crippen LogP contribution is -2.51. The Kier molecular flexibility index (Phi) is 6.86. The van der Waals surface area contributed by atoms with Gasteiger partial charge in [0.1, 0.15) is 10.0 Å². The number of piperidine rings is 1. The summed E-state index contributed by atoms with van der Waals surface area (Å²) in [6, 6.07) is 9.04. The van der Waals surface area contributed by atoms with Crippen molar-refractivity contribution in [1.29, 1.82) is 0 Å². The largest absolute Gasteiger partial charge is 0.353 e. The fourth-order valence-electron chi connectivity index (χ4n) is 4.37. The molecule has 2 fully saturated rings. The van der Waals surface area contributed by atoms with Crippen LogP contribution in [0.3, 0.4) is 0 Å². The van der Waals surface area contributed by atoms with Crippen molar-refractivity contribution < 1.29 is 13.2 Å². The second kappa shape index (κ2) is 9.44. The molecule has 0 bridgehead atoms. The number of pyridine rings is 1. The summed E-state index contributed by atoms with van der Waals surface area (Å²) in [6.07, 6.45) is 3.17. The molecular formula is C21H27ClN4O3S2. The first-order chi connectivity index (χ1) is 14.9. The van der Waals surface area contributed by atoms with Gasteiger partial charge < -0.3 is 9.80 Å². The van der Waals surface area contributed by atoms with Crippen molar-refractivity contribution in [2.24, 2.45) is 11.8 Å². The van der Waals surface area contributed by atoms with Gasteiger partial charge in [-0.05, 0) is 43.0 Å². The van der Waals surface area contributed by atoms with Crippen molar-refractivity contribution in [1.82, 2.24) is 14.2 Å². The third-order valence-corrected chi connectivity index (χ3v) is 9.90. The van der Waals surface area contributed by atoms with Crippen LogP contribution in [0.4, 0.5) is 5.82 Å². The van der Waals surface area contributed by atoms with Crippen LogP contribution >= 0.6 is 22.9 Å². The minimum atomic E-state index is -3.50. The number of rotatable bonds is 5. The highest BCUT2D eigenvalue weighted by Crippen LogP contribution is 2.33. The predicted octanol–water partition coefficient (Wildman–Crippen LogP) is 3.18. The molecule has 2 saturated heterocycles. The molecule has 1 amide bonds.